The Hall–Kier alpha value is 0.210. The fourth-order valence-electron chi connectivity index (χ4n) is 0.903. The summed E-state index contributed by atoms with van der Waals surface area (Å²) in [6, 6.07) is 0. The van der Waals surface area contributed by atoms with Crippen LogP contribution in [0.15, 0.2) is 0 Å². The molecule has 0 aliphatic heterocycles. The molecule has 62 valence electrons. The van der Waals surface area contributed by atoms with Gasteiger partial charge in [-0.25, -0.2) is 0 Å². The molecule has 0 aliphatic rings. The zero-order valence-electron chi connectivity index (χ0n) is 6.26. The van der Waals surface area contributed by atoms with Gasteiger partial charge in [-0.15, -0.1) is 11.6 Å². The van der Waals surface area contributed by atoms with E-state index in [-0.39, 0.29) is 5.92 Å². The van der Waals surface area contributed by atoms with Gasteiger partial charge in [0.25, 0.3) is 0 Å². The van der Waals surface area contributed by atoms with E-state index >= 15 is 0 Å². The monoisotopic (exact) mass is 166 g/mol. The molecule has 0 aromatic heterocycles. The third-order valence-corrected chi connectivity index (χ3v) is 1.92. The summed E-state index contributed by atoms with van der Waals surface area (Å²) in [5.74, 6) is 0.599. The van der Waals surface area contributed by atoms with E-state index in [1.54, 1.807) is 0 Å². The highest BCUT2D eigenvalue weighted by molar-refractivity contribution is 6.17. The summed E-state index contributed by atoms with van der Waals surface area (Å²) in [5.41, 5.74) is 0. The van der Waals surface area contributed by atoms with Crippen molar-refractivity contribution in [2.45, 2.75) is 32.5 Å². The van der Waals surface area contributed by atoms with E-state index in [9.17, 15) is 0 Å². The molecule has 10 heavy (non-hydrogen) atoms. The van der Waals surface area contributed by atoms with Crippen LogP contribution in [0.1, 0.15) is 26.2 Å². The first-order valence-corrected chi connectivity index (χ1v) is 4.18. The van der Waals surface area contributed by atoms with Crippen LogP contribution in [0.2, 0.25) is 0 Å². The second-order valence-corrected chi connectivity index (χ2v) is 2.79. The molecule has 0 aromatic carbocycles. The molecule has 0 saturated carbocycles. The molecule has 1 unspecified atom stereocenters. The van der Waals surface area contributed by atoms with Crippen LogP contribution in [0.25, 0.3) is 0 Å². The van der Waals surface area contributed by atoms with Gasteiger partial charge in [-0.2, -0.15) is 0 Å². The van der Waals surface area contributed by atoms with Crippen molar-refractivity contribution in [3.63, 3.8) is 0 Å². The van der Waals surface area contributed by atoms with Crippen LogP contribution < -0.4 is 0 Å². The Balaban J connectivity index is 3.40. The lowest BCUT2D eigenvalue weighted by atomic mass is 10.0. The standard InChI is InChI=1S/C7H15ClO2/c1-2-6(7(9)10)4-3-5-8/h6-7,9-10H,2-5H2,1H3. The quantitative estimate of drug-likeness (QED) is 0.478. The second kappa shape index (κ2) is 5.96. The van der Waals surface area contributed by atoms with Gasteiger partial charge in [0.15, 0.2) is 6.29 Å². The smallest absolute Gasteiger partial charge is 0.154 e. The van der Waals surface area contributed by atoms with Crippen LogP contribution in [-0.2, 0) is 0 Å². The van der Waals surface area contributed by atoms with Crippen molar-refractivity contribution >= 4 is 11.6 Å². The van der Waals surface area contributed by atoms with Crippen LogP contribution in [0.5, 0.6) is 0 Å². The minimum Gasteiger partial charge on any atom is -0.368 e. The number of hydrogen-bond acceptors (Lipinski definition) is 2. The van der Waals surface area contributed by atoms with E-state index in [0.29, 0.717) is 5.88 Å². The number of aliphatic hydroxyl groups excluding tert-OH is 1. The third kappa shape index (κ3) is 4.09. The molecule has 0 spiro atoms. The zero-order valence-corrected chi connectivity index (χ0v) is 7.01. The Kier molecular flexibility index (Phi) is 6.08. The average molecular weight is 167 g/mol. The van der Waals surface area contributed by atoms with Gasteiger partial charge in [0.05, 0.1) is 0 Å². The van der Waals surface area contributed by atoms with E-state index in [1.165, 1.54) is 0 Å². The van der Waals surface area contributed by atoms with Gasteiger partial charge in [0.1, 0.15) is 0 Å². The molecule has 0 amide bonds. The number of alkyl halides is 1. The number of halogens is 1. The topological polar surface area (TPSA) is 40.5 Å². The van der Waals surface area contributed by atoms with Crippen LogP contribution in [0, 0.1) is 5.92 Å². The highest BCUT2D eigenvalue weighted by Gasteiger charge is 2.12. The zero-order chi connectivity index (χ0) is 7.98. The van der Waals surface area contributed by atoms with Gasteiger partial charge < -0.3 is 10.2 Å². The molecule has 0 fully saturated rings. The van der Waals surface area contributed by atoms with Gasteiger partial charge in [-0.05, 0) is 19.3 Å². The molecular formula is C7H15ClO2. The highest BCUT2D eigenvalue weighted by atomic mass is 35.5. The van der Waals surface area contributed by atoms with Crippen molar-refractivity contribution in [2.24, 2.45) is 5.92 Å². The Morgan fingerprint density at radius 2 is 2.00 bits per heavy atom. The first-order chi connectivity index (χ1) is 4.72. The minimum absolute atomic E-state index is 0.00116. The van der Waals surface area contributed by atoms with Crippen molar-refractivity contribution in [3.05, 3.63) is 0 Å². The molecule has 0 aromatic rings. The molecule has 0 rings (SSSR count). The average Bonchev–Trinajstić information content (AvgIpc) is 1.89. The van der Waals surface area contributed by atoms with E-state index in [1.807, 2.05) is 6.92 Å². The van der Waals surface area contributed by atoms with Crippen molar-refractivity contribution in [1.82, 2.24) is 0 Å². The molecule has 0 saturated heterocycles. The maximum Gasteiger partial charge on any atom is 0.154 e. The van der Waals surface area contributed by atoms with Crippen molar-refractivity contribution in [2.75, 3.05) is 5.88 Å². The summed E-state index contributed by atoms with van der Waals surface area (Å²) >= 11 is 5.44. The molecule has 0 radical (unpaired) electrons. The minimum atomic E-state index is -1.17. The fourth-order valence-corrected chi connectivity index (χ4v) is 1.06. The summed E-state index contributed by atoms with van der Waals surface area (Å²) in [7, 11) is 0. The van der Waals surface area contributed by atoms with E-state index < -0.39 is 6.29 Å². The molecule has 0 aliphatic carbocycles. The maximum absolute atomic E-state index is 8.75. The summed E-state index contributed by atoms with van der Waals surface area (Å²) in [4.78, 5) is 0. The van der Waals surface area contributed by atoms with Crippen molar-refractivity contribution < 1.29 is 10.2 Å². The van der Waals surface area contributed by atoms with Gasteiger partial charge in [-0.3, -0.25) is 0 Å². The lowest BCUT2D eigenvalue weighted by Gasteiger charge is -2.15. The SMILES string of the molecule is CCC(CCCCl)C(O)O. The van der Waals surface area contributed by atoms with Crippen LogP contribution in [-0.4, -0.2) is 22.4 Å². The predicted octanol–water partition coefficient (Wildman–Crippen LogP) is 1.34. The number of rotatable bonds is 5. The second-order valence-electron chi connectivity index (χ2n) is 2.41. The fraction of sp³-hybridized carbons (Fsp3) is 1.00. The molecule has 2 nitrogen and oxygen atoms in total. The number of aliphatic hydroxyl groups is 2. The van der Waals surface area contributed by atoms with Crippen LogP contribution in [0.3, 0.4) is 0 Å². The molecular weight excluding hydrogens is 152 g/mol. The van der Waals surface area contributed by atoms with Crippen molar-refractivity contribution in [1.29, 1.82) is 0 Å². The molecule has 0 heterocycles. The van der Waals surface area contributed by atoms with Gasteiger partial charge in [0.2, 0.25) is 0 Å². The van der Waals surface area contributed by atoms with Gasteiger partial charge >= 0.3 is 0 Å². The molecule has 3 heteroatoms. The van der Waals surface area contributed by atoms with E-state index in [0.717, 1.165) is 19.3 Å². The molecule has 1 atom stereocenters. The lowest BCUT2D eigenvalue weighted by Crippen LogP contribution is -2.18. The Morgan fingerprint density at radius 1 is 1.40 bits per heavy atom. The Labute approximate surface area is 66.8 Å². The van der Waals surface area contributed by atoms with Gasteiger partial charge in [0, 0.05) is 11.8 Å². The Bertz CT molecular complexity index is 76.0. The maximum atomic E-state index is 8.75. The number of hydrogen-bond donors (Lipinski definition) is 2. The van der Waals surface area contributed by atoms with Gasteiger partial charge in [-0.1, -0.05) is 6.92 Å². The summed E-state index contributed by atoms with van der Waals surface area (Å²) < 4.78 is 0. The molecule has 0 bridgehead atoms. The lowest BCUT2D eigenvalue weighted by molar-refractivity contribution is -0.0867. The largest absolute Gasteiger partial charge is 0.368 e. The van der Waals surface area contributed by atoms with E-state index in [4.69, 9.17) is 21.8 Å². The highest BCUT2D eigenvalue weighted by Crippen LogP contribution is 2.14. The van der Waals surface area contributed by atoms with Crippen LogP contribution >= 0.6 is 11.6 Å². The summed E-state index contributed by atoms with van der Waals surface area (Å²) in [6.07, 6.45) is 1.29. The van der Waals surface area contributed by atoms with Crippen LogP contribution in [0.4, 0.5) is 0 Å². The first kappa shape index (κ1) is 10.2. The predicted molar refractivity (Wildman–Crippen MR) is 42.0 cm³/mol. The van der Waals surface area contributed by atoms with E-state index in [2.05, 4.69) is 0 Å². The van der Waals surface area contributed by atoms with Crippen molar-refractivity contribution in [3.8, 4) is 0 Å². The third-order valence-electron chi connectivity index (χ3n) is 1.65. The summed E-state index contributed by atoms with van der Waals surface area (Å²) in [5, 5.41) is 17.5. The first-order valence-electron chi connectivity index (χ1n) is 3.64. The molecule has 2 N–H and O–H groups in total. The Morgan fingerprint density at radius 3 is 2.30 bits per heavy atom. The normalized spacial score (nSPS) is 14.1. The summed E-state index contributed by atoms with van der Waals surface area (Å²) in [6.45, 7) is 1.94.